The van der Waals surface area contributed by atoms with E-state index in [9.17, 15) is 57.8 Å². The third kappa shape index (κ3) is 22.7. The Kier molecular flexibility index (Phi) is 32.4. The van der Waals surface area contributed by atoms with Crippen LogP contribution in [0.4, 0.5) is 0 Å². The monoisotopic (exact) mass is 1200 g/mol. The quantitative estimate of drug-likeness (QED) is 0.108. The predicted molar refractivity (Wildman–Crippen MR) is 332 cm³/mol. The number of carbonyl (C=O) groups excluding carboxylic acids is 11. The summed E-state index contributed by atoms with van der Waals surface area (Å²) in [6.07, 6.45) is 1.99. The summed E-state index contributed by atoms with van der Waals surface area (Å²) in [4.78, 5) is 165. The zero-order chi connectivity index (χ0) is 65.9. The largest absolute Gasteiger partial charge is 0.390 e. The molecule has 0 radical (unpaired) electrons. The minimum absolute atomic E-state index is 0.0715. The topological polar surface area (TPSA) is 269 Å². The Morgan fingerprint density at radius 2 is 1.08 bits per heavy atom. The van der Waals surface area contributed by atoms with Gasteiger partial charge in [-0.25, -0.2) is 0 Å². The lowest BCUT2D eigenvalue weighted by molar-refractivity contribution is -0.149. The van der Waals surface area contributed by atoms with E-state index in [2.05, 4.69) is 21.3 Å². The second-order valence-electron chi connectivity index (χ2n) is 27.3. The number of hydrogen-bond acceptors (Lipinski definition) is 13. The summed E-state index contributed by atoms with van der Waals surface area (Å²) in [6, 6.07) is -8.28. The van der Waals surface area contributed by atoms with Crippen LogP contribution in [0.5, 0.6) is 0 Å². The van der Waals surface area contributed by atoms with E-state index in [0.29, 0.717) is 6.42 Å². The van der Waals surface area contributed by atoms with Gasteiger partial charge in [0.15, 0.2) is 23.1 Å². The van der Waals surface area contributed by atoms with Crippen LogP contribution in [0.15, 0.2) is 12.2 Å². The van der Waals surface area contributed by atoms with Crippen LogP contribution in [0.3, 0.4) is 0 Å². The number of allylic oxidation sites excluding steroid dienone is 2. The smallest absolute Gasteiger partial charge is 0.245 e. The first-order valence-electron chi connectivity index (χ1n) is 31.3. The number of nitrogens with zero attached hydrogens (tertiary/aromatic N) is 4. The van der Waals surface area contributed by atoms with Crippen LogP contribution < -0.4 is 21.3 Å². The fraction of sp³-hybridized carbons (Fsp3) is 0.800. The molecular weight excluding hydrogens is 1080 g/mol. The fourth-order valence-corrected chi connectivity index (χ4v) is 12.0. The lowest BCUT2D eigenvalue weighted by Gasteiger charge is -2.41. The third-order valence-corrected chi connectivity index (χ3v) is 16.9. The van der Waals surface area contributed by atoms with Crippen LogP contribution in [0.2, 0.25) is 0 Å². The van der Waals surface area contributed by atoms with Crippen molar-refractivity contribution >= 4 is 64.5 Å². The summed E-state index contributed by atoms with van der Waals surface area (Å²) in [5.41, 5.74) is -0.916. The molecule has 7 amide bonds. The van der Waals surface area contributed by atoms with Crippen molar-refractivity contribution in [2.45, 2.75) is 231 Å². The normalized spacial score (nSPS) is 27.9. The highest BCUT2D eigenvalue weighted by Crippen LogP contribution is 2.32. The summed E-state index contributed by atoms with van der Waals surface area (Å²) < 4.78 is 0. The van der Waals surface area contributed by atoms with E-state index in [4.69, 9.17) is 0 Å². The molecule has 20 nitrogen and oxygen atoms in total. The van der Waals surface area contributed by atoms with Crippen LogP contribution in [0.25, 0.3) is 0 Å². The Morgan fingerprint density at radius 1 is 0.576 bits per heavy atom. The number of nitrogens with one attached hydrogen (secondary N) is 4. The molecule has 0 unspecified atom stereocenters. The van der Waals surface area contributed by atoms with Gasteiger partial charge in [-0.05, 0) is 88.5 Å². The van der Waals surface area contributed by atoms with Crippen molar-refractivity contribution in [3.05, 3.63) is 12.2 Å². The molecule has 0 aromatic carbocycles. The maximum Gasteiger partial charge on any atom is 0.245 e. The van der Waals surface area contributed by atoms with E-state index in [1.807, 2.05) is 61.5 Å². The standard InChI is InChI=1S/C65H114N8O12/c1-24-26-27-41(13)56(78)54-59(80)68-47(25-2)50(74)32-43(15)61(82)73(23)57(65(17,18)35-66-19)53(77)34-46(39(9)10)64(85)71(21)48(29-37(5)6)51(75)31-42(14)58(79)67-44(16)62(83)70(20)49(30-38(7)8)52(76)33-45(28-36(3)4)63(84)72(22)55(40(11)12)60(81)69-54/h24,26,36-49,54-57,66,78H,25,27-35H2,1-23H3,(H,67,79)(H,68,80)(H,69,81)/b26-24+/t41-,42-,43+,44-,45-,46+,47+,48+,49+,54+,55+,56-,57-/m1/s1. The van der Waals surface area contributed by atoms with Crippen LogP contribution >= 0.6 is 0 Å². The summed E-state index contributed by atoms with van der Waals surface area (Å²) >= 11 is 0. The van der Waals surface area contributed by atoms with Crippen molar-refractivity contribution in [2.75, 3.05) is 41.8 Å². The van der Waals surface area contributed by atoms with E-state index in [1.165, 1.54) is 54.7 Å². The number of carbonyl (C=O) groups is 11. The summed E-state index contributed by atoms with van der Waals surface area (Å²) in [7, 11) is 7.65. The van der Waals surface area contributed by atoms with Crippen molar-refractivity contribution in [3.63, 3.8) is 0 Å². The van der Waals surface area contributed by atoms with Crippen LogP contribution in [0.1, 0.15) is 182 Å². The zero-order valence-electron chi connectivity index (χ0n) is 56.3. The number of aliphatic hydroxyl groups is 1. The maximum absolute atomic E-state index is 14.9. The fourth-order valence-electron chi connectivity index (χ4n) is 12.0. The van der Waals surface area contributed by atoms with Crippen LogP contribution in [0, 0.1) is 64.6 Å². The Hall–Kier alpha value is -5.37. The van der Waals surface area contributed by atoms with Crippen molar-refractivity contribution in [1.29, 1.82) is 0 Å². The number of likely N-dealkylation sites (N-methyl/N-ethyl adjacent to an activating group) is 4. The number of amides is 7. The van der Waals surface area contributed by atoms with Gasteiger partial charge in [-0.15, -0.1) is 0 Å². The van der Waals surface area contributed by atoms with Gasteiger partial charge < -0.3 is 46.0 Å². The van der Waals surface area contributed by atoms with Gasteiger partial charge in [0, 0.05) is 89.5 Å². The lowest BCUT2D eigenvalue weighted by Crippen LogP contribution is -2.61. The molecule has 1 fully saturated rings. The molecule has 0 aliphatic carbocycles. The lowest BCUT2D eigenvalue weighted by atomic mass is 9.76. The van der Waals surface area contributed by atoms with Gasteiger partial charge in [-0.1, -0.05) is 123 Å². The number of ketones is 4. The molecule has 1 saturated heterocycles. The van der Waals surface area contributed by atoms with Gasteiger partial charge in [-0.3, -0.25) is 52.7 Å². The molecule has 0 aromatic rings. The van der Waals surface area contributed by atoms with E-state index < -0.39 is 160 Å². The summed E-state index contributed by atoms with van der Waals surface area (Å²) in [5.74, 6) is -11.7. The zero-order valence-corrected chi connectivity index (χ0v) is 56.3. The van der Waals surface area contributed by atoms with Gasteiger partial charge in [0.2, 0.25) is 41.4 Å². The second kappa shape index (κ2) is 35.4. The second-order valence-corrected chi connectivity index (χ2v) is 27.3. The average Bonchev–Trinajstić information content (AvgIpc) is 3.35. The Bertz CT molecular complexity index is 2310. The van der Waals surface area contributed by atoms with Gasteiger partial charge in [0.05, 0.1) is 30.3 Å². The minimum Gasteiger partial charge on any atom is -0.390 e. The Morgan fingerprint density at radius 3 is 1.55 bits per heavy atom. The van der Waals surface area contributed by atoms with Gasteiger partial charge >= 0.3 is 0 Å². The molecule has 1 heterocycles. The van der Waals surface area contributed by atoms with Crippen molar-refractivity contribution in [3.8, 4) is 0 Å². The van der Waals surface area contributed by atoms with Crippen LogP contribution in [-0.4, -0.2) is 179 Å². The molecule has 0 saturated carbocycles. The van der Waals surface area contributed by atoms with E-state index in [1.54, 1.807) is 75.4 Å². The molecule has 20 heteroatoms. The third-order valence-electron chi connectivity index (χ3n) is 16.9. The first kappa shape index (κ1) is 77.6. The van der Waals surface area contributed by atoms with Crippen molar-refractivity contribution < 1.29 is 57.8 Å². The SMILES string of the molecule is C/C=C/C[C@@H](C)[C@@H](O)[C@@H]1NC(=O)[C@H](C(C)C)N(C)C(=O)[C@H](CC(C)C)CC(=O)[C@H](CC(C)C)N(C)C(=O)[C@@H](C)NC(=O)[C@H](C)CC(=O)[C@H](CC(C)C)N(C)C(=O)[C@H](C(C)C)CC(=O)[C@H](C(C)(C)CNC)N(C)C(=O)[C@@H](C)CC(=O)[C@H](CC)NC1=O. The molecule has 0 spiro atoms. The number of Topliss-reactive ketones (excluding diaryl/α,β-unsaturated/α-hetero) is 4. The molecule has 1 aliphatic heterocycles. The highest BCUT2D eigenvalue weighted by molar-refractivity contribution is 6.00. The summed E-state index contributed by atoms with van der Waals surface area (Å²) in [5, 5.41) is 23.3. The molecule has 13 atom stereocenters. The first-order valence-corrected chi connectivity index (χ1v) is 31.3. The Balaban J connectivity index is 4.28. The molecular formula is C65H114N8O12. The maximum atomic E-state index is 14.9. The molecule has 1 rings (SSSR count). The highest BCUT2D eigenvalue weighted by Gasteiger charge is 2.45. The highest BCUT2D eigenvalue weighted by atomic mass is 16.3. The van der Waals surface area contributed by atoms with E-state index in [-0.39, 0.29) is 75.7 Å². The minimum atomic E-state index is -1.62. The van der Waals surface area contributed by atoms with Gasteiger partial charge in [-0.2, -0.15) is 0 Å². The Labute approximate surface area is 510 Å². The average molecular weight is 1200 g/mol. The van der Waals surface area contributed by atoms with Crippen molar-refractivity contribution in [2.24, 2.45) is 64.6 Å². The summed E-state index contributed by atoms with van der Waals surface area (Å²) in [6.45, 7) is 32.2. The molecule has 5 N–H and O–H groups in total. The molecule has 0 aromatic heterocycles. The molecule has 486 valence electrons. The first-order chi connectivity index (χ1) is 39.2. The van der Waals surface area contributed by atoms with E-state index >= 15 is 0 Å². The number of hydrogen-bond donors (Lipinski definition) is 5. The van der Waals surface area contributed by atoms with Crippen LogP contribution in [-0.2, 0) is 52.7 Å². The van der Waals surface area contributed by atoms with E-state index in [0.717, 1.165) is 0 Å². The predicted octanol–water partition coefficient (Wildman–Crippen LogP) is 6.19. The number of rotatable bonds is 16. The van der Waals surface area contributed by atoms with Gasteiger partial charge in [0.1, 0.15) is 18.1 Å². The molecule has 0 bridgehead atoms. The van der Waals surface area contributed by atoms with Gasteiger partial charge in [0.25, 0.3) is 0 Å². The molecule has 85 heavy (non-hydrogen) atoms. The molecule has 1 aliphatic rings. The van der Waals surface area contributed by atoms with Crippen molar-refractivity contribution in [1.82, 2.24) is 40.9 Å². The number of aliphatic hydroxyl groups excluding tert-OH is 1.